The predicted octanol–water partition coefficient (Wildman–Crippen LogP) is 5.51. The van der Waals surface area contributed by atoms with Gasteiger partial charge in [-0.25, -0.2) is 4.79 Å². The molecule has 0 bridgehead atoms. The molecule has 0 radical (unpaired) electrons. The van der Waals surface area contributed by atoms with E-state index in [1.165, 1.54) is 24.3 Å². The second-order valence-corrected chi connectivity index (χ2v) is 8.88. The van der Waals surface area contributed by atoms with E-state index in [0.717, 1.165) is 24.6 Å². The van der Waals surface area contributed by atoms with Crippen LogP contribution in [0.3, 0.4) is 0 Å². The minimum absolute atomic E-state index is 0.120. The van der Waals surface area contributed by atoms with Crippen LogP contribution in [-0.2, 0) is 9.53 Å². The zero-order valence-electron chi connectivity index (χ0n) is 18.6. The van der Waals surface area contributed by atoms with E-state index in [-0.39, 0.29) is 22.9 Å². The van der Waals surface area contributed by atoms with E-state index >= 15 is 0 Å². The van der Waals surface area contributed by atoms with Crippen LogP contribution in [-0.4, -0.2) is 19.7 Å². The van der Waals surface area contributed by atoms with Crippen molar-refractivity contribution in [2.45, 2.75) is 53.4 Å². The summed E-state index contributed by atoms with van der Waals surface area (Å²) in [5, 5.41) is 0.863. The van der Waals surface area contributed by atoms with Crippen LogP contribution in [0.1, 0.15) is 53.4 Å². The van der Waals surface area contributed by atoms with E-state index in [1.807, 2.05) is 12.1 Å². The second kappa shape index (κ2) is 9.07. The number of fused-ring (bicyclic) bond motifs is 1. The topological polar surface area (TPSA) is 65.7 Å². The normalized spacial score (nSPS) is 24.0. The van der Waals surface area contributed by atoms with E-state index in [4.69, 9.17) is 13.9 Å². The highest BCUT2D eigenvalue weighted by molar-refractivity contribution is 5.77. The molecule has 1 saturated carbocycles. The number of carbonyl (C=O) groups is 1. The highest BCUT2D eigenvalue weighted by atomic mass is 16.5. The van der Waals surface area contributed by atoms with Crippen LogP contribution < -0.4 is 10.4 Å². The Balaban J connectivity index is 1.86. The first-order valence-corrected chi connectivity index (χ1v) is 10.6. The summed E-state index contributed by atoms with van der Waals surface area (Å²) in [6, 6.07) is 8.75. The number of hydrogen-bond donors (Lipinski definition) is 0. The molecule has 1 aliphatic carbocycles. The SMILES string of the molecule is COC(=O)CCC1C(=C(C)C)CCC(C)C1(C)COc1ccc2ccc(=O)oc2c1. The fourth-order valence-electron chi connectivity index (χ4n) is 4.70. The van der Waals surface area contributed by atoms with Crippen LogP contribution >= 0.6 is 0 Å². The molecule has 162 valence electrons. The molecule has 1 aromatic carbocycles. The van der Waals surface area contributed by atoms with Gasteiger partial charge in [-0.1, -0.05) is 25.0 Å². The first-order chi connectivity index (χ1) is 14.2. The number of rotatable bonds is 6. The molecule has 0 spiro atoms. The Bertz CT molecular complexity index is 998. The van der Waals surface area contributed by atoms with Crippen molar-refractivity contribution >= 4 is 16.9 Å². The highest BCUT2D eigenvalue weighted by Crippen LogP contribution is 2.51. The van der Waals surface area contributed by atoms with Crippen molar-refractivity contribution in [3.63, 3.8) is 0 Å². The van der Waals surface area contributed by atoms with Gasteiger partial charge in [0.1, 0.15) is 11.3 Å². The Morgan fingerprint density at radius 1 is 1.23 bits per heavy atom. The minimum Gasteiger partial charge on any atom is -0.493 e. The van der Waals surface area contributed by atoms with Crippen molar-refractivity contribution in [3.05, 3.63) is 51.9 Å². The molecule has 5 nitrogen and oxygen atoms in total. The number of allylic oxidation sites excluding steroid dienone is 2. The molecule has 3 unspecified atom stereocenters. The fraction of sp³-hybridized carbons (Fsp3) is 0.520. The summed E-state index contributed by atoms with van der Waals surface area (Å²) < 4.78 is 16.4. The molecule has 0 saturated heterocycles. The monoisotopic (exact) mass is 412 g/mol. The van der Waals surface area contributed by atoms with Crippen LogP contribution in [0.2, 0.25) is 0 Å². The zero-order chi connectivity index (χ0) is 21.9. The number of esters is 1. The van der Waals surface area contributed by atoms with Gasteiger partial charge < -0.3 is 13.9 Å². The standard InChI is InChI=1S/C25H32O5/c1-16(2)20-10-6-17(3)25(4,21(20)11-13-23(26)28-5)15-29-19-9-7-18-8-12-24(27)30-22(18)14-19/h7-9,12,14,17,21H,6,10-11,13,15H2,1-5H3. The van der Waals surface area contributed by atoms with E-state index < -0.39 is 0 Å². The number of methoxy groups -OCH3 is 1. The van der Waals surface area contributed by atoms with E-state index in [0.29, 0.717) is 30.3 Å². The summed E-state index contributed by atoms with van der Waals surface area (Å²) in [6.45, 7) is 9.38. The molecular weight excluding hydrogens is 380 g/mol. The van der Waals surface area contributed by atoms with E-state index in [9.17, 15) is 9.59 Å². The number of ether oxygens (including phenoxy) is 2. The van der Waals surface area contributed by atoms with Crippen molar-refractivity contribution in [3.8, 4) is 5.75 Å². The minimum atomic E-state index is -0.372. The van der Waals surface area contributed by atoms with E-state index in [1.54, 1.807) is 12.1 Å². The van der Waals surface area contributed by atoms with Crippen LogP contribution in [0.5, 0.6) is 5.75 Å². The van der Waals surface area contributed by atoms with Gasteiger partial charge in [0.05, 0.1) is 13.7 Å². The number of hydrogen-bond acceptors (Lipinski definition) is 5. The third kappa shape index (κ3) is 4.61. The largest absolute Gasteiger partial charge is 0.493 e. The van der Waals surface area contributed by atoms with Crippen molar-refractivity contribution in [1.29, 1.82) is 0 Å². The first-order valence-electron chi connectivity index (χ1n) is 10.6. The maximum absolute atomic E-state index is 11.8. The molecule has 1 aliphatic rings. The van der Waals surface area contributed by atoms with E-state index in [2.05, 4.69) is 27.7 Å². The lowest BCUT2D eigenvalue weighted by Crippen LogP contribution is -2.44. The Hall–Kier alpha value is -2.56. The quantitative estimate of drug-likeness (QED) is 0.355. The molecule has 2 aromatic rings. The Kier molecular flexibility index (Phi) is 6.69. The van der Waals surface area contributed by atoms with Crippen LogP contribution in [0.4, 0.5) is 0 Å². The van der Waals surface area contributed by atoms with Gasteiger partial charge in [0.15, 0.2) is 0 Å². The zero-order valence-corrected chi connectivity index (χ0v) is 18.6. The van der Waals surface area contributed by atoms with Crippen LogP contribution in [0.25, 0.3) is 11.0 Å². The van der Waals surface area contributed by atoms with Gasteiger partial charge in [-0.05, 0) is 63.1 Å². The molecule has 30 heavy (non-hydrogen) atoms. The van der Waals surface area contributed by atoms with Gasteiger partial charge in [-0.2, -0.15) is 0 Å². The van der Waals surface area contributed by atoms with Crippen LogP contribution in [0, 0.1) is 17.3 Å². The van der Waals surface area contributed by atoms with Gasteiger partial charge in [0.25, 0.3) is 0 Å². The van der Waals surface area contributed by atoms with Crippen molar-refractivity contribution in [2.24, 2.45) is 17.3 Å². The molecule has 1 aromatic heterocycles. The molecule has 0 aliphatic heterocycles. The maximum atomic E-state index is 11.8. The highest BCUT2D eigenvalue weighted by Gasteiger charge is 2.45. The number of carbonyl (C=O) groups excluding carboxylic acids is 1. The Morgan fingerprint density at radius 3 is 2.67 bits per heavy atom. The average Bonchev–Trinajstić information content (AvgIpc) is 2.72. The van der Waals surface area contributed by atoms with Gasteiger partial charge >= 0.3 is 11.6 Å². The molecule has 1 fully saturated rings. The summed E-state index contributed by atoms with van der Waals surface area (Å²) >= 11 is 0. The second-order valence-electron chi connectivity index (χ2n) is 8.88. The lowest BCUT2D eigenvalue weighted by molar-refractivity contribution is -0.141. The molecule has 3 rings (SSSR count). The summed E-state index contributed by atoms with van der Waals surface area (Å²) in [6.07, 6.45) is 3.32. The van der Waals surface area contributed by atoms with Gasteiger partial charge in [0.2, 0.25) is 0 Å². The smallest absolute Gasteiger partial charge is 0.336 e. The van der Waals surface area contributed by atoms with Crippen molar-refractivity contribution < 1.29 is 18.7 Å². The van der Waals surface area contributed by atoms with Gasteiger partial charge in [-0.15, -0.1) is 0 Å². The van der Waals surface area contributed by atoms with Gasteiger partial charge in [0, 0.05) is 29.4 Å². The Labute approximate surface area is 178 Å². The van der Waals surface area contributed by atoms with Gasteiger partial charge in [-0.3, -0.25) is 4.79 Å². The lowest BCUT2D eigenvalue weighted by atomic mass is 9.58. The van der Waals surface area contributed by atoms with Crippen LogP contribution in [0.15, 0.2) is 50.7 Å². The lowest BCUT2D eigenvalue weighted by Gasteiger charge is -2.48. The van der Waals surface area contributed by atoms with Crippen molar-refractivity contribution in [2.75, 3.05) is 13.7 Å². The summed E-state index contributed by atoms with van der Waals surface area (Å²) in [5.41, 5.74) is 2.80. The predicted molar refractivity (Wildman–Crippen MR) is 118 cm³/mol. The molecule has 5 heteroatoms. The molecule has 1 heterocycles. The van der Waals surface area contributed by atoms with Crippen molar-refractivity contribution in [1.82, 2.24) is 0 Å². The molecule has 0 N–H and O–H groups in total. The third-order valence-electron chi connectivity index (χ3n) is 6.84. The first kappa shape index (κ1) is 22.1. The summed E-state index contributed by atoms with van der Waals surface area (Å²) in [4.78, 5) is 23.4. The summed E-state index contributed by atoms with van der Waals surface area (Å²) in [7, 11) is 1.44. The molecular formula is C25H32O5. The summed E-state index contributed by atoms with van der Waals surface area (Å²) in [5.74, 6) is 1.21. The fourth-order valence-corrected chi connectivity index (χ4v) is 4.70. The molecule has 3 atom stereocenters. The third-order valence-corrected chi connectivity index (χ3v) is 6.84. The average molecular weight is 413 g/mol. The number of benzene rings is 1. The molecule has 0 amide bonds. The maximum Gasteiger partial charge on any atom is 0.336 e. The Morgan fingerprint density at radius 2 is 1.97 bits per heavy atom.